The van der Waals surface area contributed by atoms with Crippen LogP contribution < -0.4 is 16.4 Å². The Morgan fingerprint density at radius 2 is 1.82 bits per heavy atom. The SMILES string of the molecule is CCOC(=O)CNC(=O)CNC(=O)[C@@H](N)Cc1ccccc1. The molecule has 1 aromatic rings. The van der Waals surface area contributed by atoms with E-state index in [4.69, 9.17) is 5.73 Å². The van der Waals surface area contributed by atoms with Crippen molar-refractivity contribution >= 4 is 17.8 Å². The maximum atomic E-state index is 11.8. The molecule has 1 aromatic carbocycles. The van der Waals surface area contributed by atoms with Crippen LogP contribution in [-0.2, 0) is 25.5 Å². The number of hydrogen-bond donors (Lipinski definition) is 3. The van der Waals surface area contributed by atoms with Crippen LogP contribution >= 0.6 is 0 Å². The molecular formula is C15H21N3O4. The first-order valence-corrected chi connectivity index (χ1v) is 7.02. The quantitative estimate of drug-likeness (QED) is 0.553. The average Bonchev–Trinajstić information content (AvgIpc) is 2.51. The molecule has 0 spiro atoms. The van der Waals surface area contributed by atoms with Crippen molar-refractivity contribution in [3.8, 4) is 0 Å². The highest BCUT2D eigenvalue weighted by Gasteiger charge is 2.15. The van der Waals surface area contributed by atoms with Gasteiger partial charge in [0.05, 0.1) is 19.2 Å². The molecule has 0 aliphatic rings. The van der Waals surface area contributed by atoms with Crippen LogP contribution in [0.4, 0.5) is 0 Å². The third-order valence-corrected chi connectivity index (χ3v) is 2.79. The lowest BCUT2D eigenvalue weighted by atomic mass is 10.1. The van der Waals surface area contributed by atoms with Crippen molar-refractivity contribution in [2.24, 2.45) is 5.73 Å². The molecule has 0 aliphatic carbocycles. The van der Waals surface area contributed by atoms with Gasteiger partial charge in [-0.05, 0) is 18.9 Å². The van der Waals surface area contributed by atoms with Crippen molar-refractivity contribution in [3.05, 3.63) is 35.9 Å². The second-order valence-electron chi connectivity index (χ2n) is 4.60. The first kappa shape index (κ1) is 17.6. The molecule has 0 radical (unpaired) electrons. The van der Waals surface area contributed by atoms with Gasteiger partial charge >= 0.3 is 5.97 Å². The van der Waals surface area contributed by atoms with Crippen LogP contribution in [0.3, 0.4) is 0 Å². The fourth-order valence-electron chi connectivity index (χ4n) is 1.70. The lowest BCUT2D eigenvalue weighted by molar-refractivity contribution is -0.143. The lowest BCUT2D eigenvalue weighted by Crippen LogP contribution is -2.46. The van der Waals surface area contributed by atoms with Gasteiger partial charge in [0.25, 0.3) is 0 Å². The highest BCUT2D eigenvalue weighted by Crippen LogP contribution is 2.01. The second-order valence-corrected chi connectivity index (χ2v) is 4.60. The lowest BCUT2D eigenvalue weighted by Gasteiger charge is -2.12. The monoisotopic (exact) mass is 307 g/mol. The highest BCUT2D eigenvalue weighted by atomic mass is 16.5. The largest absolute Gasteiger partial charge is 0.465 e. The van der Waals surface area contributed by atoms with Crippen LogP contribution in [0.15, 0.2) is 30.3 Å². The Hall–Kier alpha value is -2.41. The van der Waals surface area contributed by atoms with Gasteiger partial charge in [-0.1, -0.05) is 30.3 Å². The minimum absolute atomic E-state index is 0.224. The summed E-state index contributed by atoms with van der Waals surface area (Å²) >= 11 is 0. The van der Waals surface area contributed by atoms with Crippen LogP contribution in [0, 0.1) is 0 Å². The van der Waals surface area contributed by atoms with E-state index < -0.39 is 23.8 Å². The molecule has 1 rings (SSSR count). The van der Waals surface area contributed by atoms with Crippen molar-refractivity contribution < 1.29 is 19.1 Å². The molecule has 7 heteroatoms. The molecule has 0 unspecified atom stereocenters. The number of nitrogens with one attached hydrogen (secondary N) is 2. The second kappa shape index (κ2) is 9.51. The third kappa shape index (κ3) is 6.85. The zero-order valence-corrected chi connectivity index (χ0v) is 12.5. The van der Waals surface area contributed by atoms with Crippen molar-refractivity contribution in [1.82, 2.24) is 10.6 Å². The zero-order valence-electron chi connectivity index (χ0n) is 12.5. The number of carbonyl (C=O) groups is 3. The first-order valence-electron chi connectivity index (χ1n) is 7.02. The van der Waals surface area contributed by atoms with E-state index in [1.165, 1.54) is 0 Å². The Morgan fingerprint density at radius 3 is 2.45 bits per heavy atom. The molecule has 0 aliphatic heterocycles. The van der Waals surface area contributed by atoms with Crippen LogP contribution in [0.2, 0.25) is 0 Å². The Kier molecular flexibility index (Phi) is 7.63. The van der Waals surface area contributed by atoms with Crippen molar-refractivity contribution in [1.29, 1.82) is 0 Å². The van der Waals surface area contributed by atoms with Gasteiger partial charge in [-0.25, -0.2) is 0 Å². The topological polar surface area (TPSA) is 111 Å². The molecule has 0 bridgehead atoms. The van der Waals surface area contributed by atoms with E-state index in [0.717, 1.165) is 5.56 Å². The number of hydrogen-bond acceptors (Lipinski definition) is 5. The Morgan fingerprint density at radius 1 is 1.14 bits per heavy atom. The van der Waals surface area contributed by atoms with Gasteiger partial charge in [0.15, 0.2) is 0 Å². The van der Waals surface area contributed by atoms with Gasteiger partial charge in [0.1, 0.15) is 6.54 Å². The van der Waals surface area contributed by atoms with E-state index in [2.05, 4.69) is 15.4 Å². The number of esters is 1. The van der Waals surface area contributed by atoms with Crippen molar-refractivity contribution in [2.75, 3.05) is 19.7 Å². The summed E-state index contributed by atoms with van der Waals surface area (Å²) in [5.41, 5.74) is 6.72. The fourth-order valence-corrected chi connectivity index (χ4v) is 1.70. The minimum Gasteiger partial charge on any atom is -0.465 e. The van der Waals surface area contributed by atoms with Crippen molar-refractivity contribution in [2.45, 2.75) is 19.4 Å². The molecule has 7 nitrogen and oxygen atoms in total. The molecule has 0 saturated carbocycles. The summed E-state index contributed by atoms with van der Waals surface area (Å²) < 4.78 is 4.66. The smallest absolute Gasteiger partial charge is 0.325 e. The Labute approximate surface area is 129 Å². The highest BCUT2D eigenvalue weighted by molar-refractivity contribution is 5.88. The summed E-state index contributed by atoms with van der Waals surface area (Å²) in [6.45, 7) is 1.47. The summed E-state index contributed by atoms with van der Waals surface area (Å²) in [5.74, 6) is -1.42. The van der Waals surface area contributed by atoms with E-state index in [9.17, 15) is 14.4 Å². The molecule has 22 heavy (non-hydrogen) atoms. The number of nitrogens with two attached hydrogens (primary N) is 1. The Balaban J connectivity index is 2.27. The predicted molar refractivity (Wildman–Crippen MR) is 80.8 cm³/mol. The molecule has 0 fully saturated rings. The molecule has 0 saturated heterocycles. The molecule has 4 N–H and O–H groups in total. The van der Waals surface area contributed by atoms with Crippen LogP contribution in [0.1, 0.15) is 12.5 Å². The normalized spacial score (nSPS) is 11.4. The minimum atomic E-state index is -0.736. The molecule has 0 heterocycles. The summed E-state index contributed by atoms with van der Waals surface area (Å²) in [4.78, 5) is 34.3. The van der Waals surface area contributed by atoms with E-state index in [-0.39, 0.29) is 19.7 Å². The van der Waals surface area contributed by atoms with E-state index in [1.807, 2.05) is 30.3 Å². The van der Waals surface area contributed by atoms with Gasteiger partial charge < -0.3 is 21.1 Å². The maximum Gasteiger partial charge on any atom is 0.325 e. The maximum absolute atomic E-state index is 11.8. The van der Waals surface area contributed by atoms with Crippen LogP contribution in [0.5, 0.6) is 0 Å². The van der Waals surface area contributed by atoms with Gasteiger partial charge in [0.2, 0.25) is 11.8 Å². The van der Waals surface area contributed by atoms with Crippen LogP contribution in [-0.4, -0.2) is 43.5 Å². The summed E-state index contributed by atoms with van der Waals surface area (Å²) in [5, 5.41) is 4.77. The first-order chi connectivity index (χ1) is 10.5. The van der Waals surface area contributed by atoms with Gasteiger partial charge in [0, 0.05) is 0 Å². The van der Waals surface area contributed by atoms with Crippen molar-refractivity contribution in [3.63, 3.8) is 0 Å². The van der Waals surface area contributed by atoms with Crippen LogP contribution in [0.25, 0.3) is 0 Å². The predicted octanol–water partition coefficient (Wildman–Crippen LogP) is -0.648. The standard InChI is InChI=1S/C15H21N3O4/c1-2-22-14(20)10-17-13(19)9-18-15(21)12(16)8-11-6-4-3-5-7-11/h3-7,12H,2,8-10,16H2,1H3,(H,17,19)(H,18,21)/t12-/m0/s1. The summed E-state index contributed by atoms with van der Waals surface area (Å²) in [6.07, 6.45) is 0.386. The van der Waals surface area contributed by atoms with Gasteiger partial charge in [-0.3, -0.25) is 14.4 Å². The van der Waals surface area contributed by atoms with E-state index in [1.54, 1.807) is 6.92 Å². The number of amides is 2. The van der Waals surface area contributed by atoms with E-state index >= 15 is 0 Å². The Bertz CT molecular complexity index is 505. The number of carbonyl (C=O) groups excluding carboxylic acids is 3. The summed E-state index contributed by atoms with van der Waals surface area (Å²) in [7, 11) is 0. The zero-order chi connectivity index (χ0) is 16.4. The van der Waals surface area contributed by atoms with Gasteiger partial charge in [-0.15, -0.1) is 0 Å². The molecule has 0 aromatic heterocycles. The third-order valence-electron chi connectivity index (χ3n) is 2.79. The number of rotatable bonds is 8. The molecular weight excluding hydrogens is 286 g/mol. The molecule has 120 valence electrons. The van der Waals surface area contributed by atoms with Gasteiger partial charge in [-0.2, -0.15) is 0 Å². The average molecular weight is 307 g/mol. The number of ether oxygens (including phenoxy) is 1. The molecule has 2 amide bonds. The fraction of sp³-hybridized carbons (Fsp3) is 0.400. The number of benzene rings is 1. The summed E-state index contributed by atoms with van der Waals surface area (Å²) in [6, 6.07) is 8.62. The van der Waals surface area contributed by atoms with E-state index in [0.29, 0.717) is 6.42 Å². The molecule has 1 atom stereocenters.